The largest absolute Gasteiger partial charge is 0.480 e. The normalized spacial score (nSPS) is 18.4. The molecule has 3 aromatic rings. The minimum atomic E-state index is -5.05. The summed E-state index contributed by atoms with van der Waals surface area (Å²) in [6, 6.07) is 7.80. The van der Waals surface area contributed by atoms with Crippen molar-refractivity contribution in [1.29, 1.82) is 0 Å². The minimum Gasteiger partial charge on any atom is -0.480 e. The number of benzene rings is 2. The van der Waals surface area contributed by atoms with Crippen molar-refractivity contribution in [3.05, 3.63) is 60.2 Å². The third-order valence-electron chi connectivity index (χ3n) is 5.55. The number of aromatic nitrogens is 2. The van der Waals surface area contributed by atoms with E-state index in [-0.39, 0.29) is 40.2 Å². The van der Waals surface area contributed by atoms with Gasteiger partial charge in [-0.25, -0.2) is 32.7 Å². The van der Waals surface area contributed by atoms with Gasteiger partial charge in [-0.1, -0.05) is 12.1 Å². The molecule has 0 aliphatic carbocycles. The van der Waals surface area contributed by atoms with Crippen molar-refractivity contribution >= 4 is 21.8 Å². The fraction of sp³-hybridized carbons (Fsp3) is 0.227. The molecular weight excluding hydrogens is 508 g/mol. The monoisotopic (exact) mass is 526 g/mol. The molecule has 4 N–H and O–H groups in total. The Morgan fingerprint density at radius 2 is 1.75 bits per heavy atom. The Labute approximate surface area is 201 Å². The molecule has 0 bridgehead atoms. The lowest BCUT2D eigenvalue weighted by Gasteiger charge is -2.27. The van der Waals surface area contributed by atoms with Crippen molar-refractivity contribution in [3.8, 4) is 22.4 Å². The number of rotatable bonds is 5. The van der Waals surface area contributed by atoms with Gasteiger partial charge in [-0.2, -0.15) is 13.2 Å². The lowest BCUT2D eigenvalue weighted by molar-refractivity contribution is -0.144. The van der Waals surface area contributed by atoms with Gasteiger partial charge in [0, 0.05) is 18.5 Å². The van der Waals surface area contributed by atoms with E-state index < -0.39 is 51.8 Å². The van der Waals surface area contributed by atoms with Crippen LogP contribution in [0, 0.1) is 5.82 Å². The molecule has 190 valence electrons. The van der Waals surface area contributed by atoms with E-state index in [9.17, 15) is 41.0 Å². The molecule has 1 fully saturated rings. The standard InChI is InChI=1S/C22H18F4N4O5S/c23-13-6-4-11(5-7-13)18-17(12-2-1-3-15(8-12)36(27,34)35)19(29-21(28-18)22(24,25)26)30-10-14(31)9-16(30)20(32)33/h1-8,14,16,31H,9-10H2,(H,32,33)(H2,27,34,35)/t14-,16+/m1/s1. The molecule has 0 spiro atoms. The van der Waals surface area contributed by atoms with Gasteiger partial charge in [-0.3, -0.25) is 0 Å². The summed E-state index contributed by atoms with van der Waals surface area (Å²) in [5.41, 5.74) is -0.479. The van der Waals surface area contributed by atoms with E-state index >= 15 is 0 Å². The molecule has 2 atom stereocenters. The summed E-state index contributed by atoms with van der Waals surface area (Å²) in [5.74, 6) is -4.18. The predicted octanol–water partition coefficient (Wildman–Crippen LogP) is 2.64. The topological polar surface area (TPSA) is 147 Å². The van der Waals surface area contributed by atoms with Crippen LogP contribution < -0.4 is 10.0 Å². The first-order chi connectivity index (χ1) is 16.8. The van der Waals surface area contributed by atoms with Crippen LogP contribution in [-0.4, -0.2) is 53.3 Å². The third-order valence-corrected chi connectivity index (χ3v) is 6.46. The van der Waals surface area contributed by atoms with E-state index in [4.69, 9.17) is 5.14 Å². The molecule has 4 rings (SSSR count). The van der Waals surface area contributed by atoms with Gasteiger partial charge in [0.05, 0.1) is 22.3 Å². The number of primary sulfonamides is 1. The number of carboxylic acids is 1. The highest BCUT2D eigenvalue weighted by atomic mass is 32.2. The fourth-order valence-corrected chi connectivity index (χ4v) is 4.54. The van der Waals surface area contributed by atoms with Crippen LogP contribution in [-0.2, 0) is 21.0 Å². The second kappa shape index (κ2) is 9.11. The van der Waals surface area contributed by atoms with Crippen molar-refractivity contribution in [1.82, 2.24) is 9.97 Å². The smallest absolute Gasteiger partial charge is 0.451 e. The zero-order valence-corrected chi connectivity index (χ0v) is 19.0. The number of sulfonamides is 1. The van der Waals surface area contributed by atoms with Crippen molar-refractivity contribution in [2.75, 3.05) is 11.4 Å². The highest BCUT2D eigenvalue weighted by Gasteiger charge is 2.42. The minimum absolute atomic E-state index is 0.00935. The molecule has 1 aromatic heterocycles. The van der Waals surface area contributed by atoms with Crippen LogP contribution in [0.3, 0.4) is 0 Å². The summed E-state index contributed by atoms with van der Waals surface area (Å²) in [5, 5.41) is 25.0. The highest BCUT2D eigenvalue weighted by molar-refractivity contribution is 7.89. The number of hydrogen-bond acceptors (Lipinski definition) is 7. The average Bonchev–Trinajstić information content (AvgIpc) is 3.19. The van der Waals surface area contributed by atoms with Gasteiger partial charge in [0.15, 0.2) is 0 Å². The molecule has 36 heavy (non-hydrogen) atoms. The first-order valence-corrected chi connectivity index (χ1v) is 11.9. The highest BCUT2D eigenvalue weighted by Crippen LogP contribution is 2.42. The number of aliphatic carboxylic acids is 1. The van der Waals surface area contributed by atoms with Crippen molar-refractivity contribution in [3.63, 3.8) is 0 Å². The van der Waals surface area contributed by atoms with E-state index in [0.717, 1.165) is 23.1 Å². The van der Waals surface area contributed by atoms with Gasteiger partial charge in [0.2, 0.25) is 15.8 Å². The summed E-state index contributed by atoms with van der Waals surface area (Å²) in [6.45, 7) is -0.365. The van der Waals surface area contributed by atoms with Crippen LogP contribution >= 0.6 is 0 Å². The van der Waals surface area contributed by atoms with E-state index in [1.807, 2.05) is 0 Å². The van der Waals surface area contributed by atoms with Gasteiger partial charge in [-0.15, -0.1) is 0 Å². The van der Waals surface area contributed by atoms with Gasteiger partial charge >= 0.3 is 12.1 Å². The second-order valence-electron chi connectivity index (χ2n) is 8.07. The molecule has 2 aromatic carbocycles. The summed E-state index contributed by atoms with van der Waals surface area (Å²) in [7, 11) is -4.23. The average molecular weight is 526 g/mol. The molecule has 0 unspecified atom stereocenters. The molecule has 1 saturated heterocycles. The number of aliphatic hydroxyl groups excluding tert-OH is 1. The lowest BCUT2D eigenvalue weighted by Crippen LogP contribution is -2.37. The fourth-order valence-electron chi connectivity index (χ4n) is 3.98. The number of carbonyl (C=O) groups is 1. The molecule has 9 nitrogen and oxygen atoms in total. The Balaban J connectivity index is 2.11. The molecule has 0 radical (unpaired) electrons. The zero-order chi connectivity index (χ0) is 26.4. The van der Waals surface area contributed by atoms with Crippen LogP contribution in [0.5, 0.6) is 0 Å². The first-order valence-electron chi connectivity index (χ1n) is 10.3. The number of nitrogens with two attached hydrogens (primary N) is 1. The predicted molar refractivity (Wildman–Crippen MR) is 119 cm³/mol. The van der Waals surface area contributed by atoms with Gasteiger partial charge in [-0.05, 0) is 42.0 Å². The van der Waals surface area contributed by atoms with Crippen LogP contribution in [0.1, 0.15) is 12.2 Å². The summed E-state index contributed by atoms with van der Waals surface area (Å²) in [6.07, 6.45) is -6.53. The summed E-state index contributed by atoms with van der Waals surface area (Å²) < 4.78 is 79.0. The number of halogens is 4. The van der Waals surface area contributed by atoms with Gasteiger partial charge < -0.3 is 15.1 Å². The SMILES string of the molecule is NS(=O)(=O)c1cccc(-c2c(-c3ccc(F)cc3)nc(C(F)(F)F)nc2N2C[C@H](O)C[C@H]2C(=O)O)c1. The Morgan fingerprint density at radius 1 is 1.08 bits per heavy atom. The molecule has 14 heteroatoms. The Morgan fingerprint density at radius 3 is 2.33 bits per heavy atom. The van der Waals surface area contributed by atoms with Crippen LogP contribution in [0.2, 0.25) is 0 Å². The van der Waals surface area contributed by atoms with Crippen molar-refractivity contribution in [2.24, 2.45) is 5.14 Å². The number of β-amino-alcohol motifs (C(OH)–C–C–N with tert-alkyl or cyclic N) is 1. The summed E-state index contributed by atoms with van der Waals surface area (Å²) in [4.78, 5) is 19.8. The number of carboxylic acid groups (broad SMARTS) is 1. The van der Waals surface area contributed by atoms with E-state index in [1.54, 1.807) is 0 Å². The Kier molecular flexibility index (Phi) is 6.45. The summed E-state index contributed by atoms with van der Waals surface area (Å²) >= 11 is 0. The number of nitrogens with zero attached hydrogens (tertiary/aromatic N) is 3. The van der Waals surface area contributed by atoms with E-state index in [0.29, 0.717) is 0 Å². The van der Waals surface area contributed by atoms with Crippen LogP contribution in [0.15, 0.2) is 53.4 Å². The molecular formula is C22H18F4N4O5S. The quantitative estimate of drug-likeness (QED) is 0.430. The molecule has 1 aliphatic rings. The zero-order valence-electron chi connectivity index (χ0n) is 18.1. The number of alkyl halides is 3. The number of hydrogen-bond donors (Lipinski definition) is 3. The van der Waals surface area contributed by atoms with E-state index in [1.165, 1.54) is 30.3 Å². The number of aliphatic hydroxyl groups is 1. The second-order valence-corrected chi connectivity index (χ2v) is 9.63. The maximum absolute atomic E-state index is 13.8. The number of anilines is 1. The van der Waals surface area contributed by atoms with E-state index in [2.05, 4.69) is 9.97 Å². The first kappa shape index (κ1) is 25.5. The van der Waals surface area contributed by atoms with Crippen molar-refractivity contribution < 1.29 is 41.0 Å². The van der Waals surface area contributed by atoms with Crippen LogP contribution in [0.4, 0.5) is 23.4 Å². The van der Waals surface area contributed by atoms with Gasteiger partial charge in [0.25, 0.3) is 0 Å². The molecule has 0 amide bonds. The maximum atomic E-state index is 13.8. The molecule has 0 saturated carbocycles. The molecule has 2 heterocycles. The Bertz CT molecular complexity index is 1430. The van der Waals surface area contributed by atoms with Crippen LogP contribution in [0.25, 0.3) is 22.4 Å². The van der Waals surface area contributed by atoms with Crippen molar-refractivity contribution in [2.45, 2.75) is 29.6 Å². The lowest BCUT2D eigenvalue weighted by atomic mass is 9.98. The maximum Gasteiger partial charge on any atom is 0.451 e. The third kappa shape index (κ3) is 5.01. The Hall–Kier alpha value is -3.62. The molecule has 1 aliphatic heterocycles. The van der Waals surface area contributed by atoms with Gasteiger partial charge in [0.1, 0.15) is 17.7 Å².